The maximum atomic E-state index is 2.60. The summed E-state index contributed by atoms with van der Waals surface area (Å²) >= 11 is 0. The Morgan fingerprint density at radius 1 is 0.195 bits per heavy atom. The molecule has 0 saturated carbocycles. The fourth-order valence-corrected chi connectivity index (χ4v) is 6.52. The Morgan fingerprint density at radius 3 is 0.512 bits per heavy atom. The van der Waals surface area contributed by atoms with Crippen molar-refractivity contribution in [3.63, 3.8) is 0 Å². The molecule has 1 heteroatoms. The molecule has 41 heavy (non-hydrogen) atoms. The summed E-state index contributed by atoms with van der Waals surface area (Å²) in [4.78, 5) is 0. The first-order valence-corrected chi connectivity index (χ1v) is 20.2. The SMILES string of the molecule is CCCCCCCCCCCCCCCCCCCC[B]CCCCCCCCCCCCCCCCCCCC. The van der Waals surface area contributed by atoms with E-state index in [9.17, 15) is 0 Å². The molecule has 0 aliphatic heterocycles. The third-order valence-electron chi connectivity index (χ3n) is 9.52. The van der Waals surface area contributed by atoms with Crippen molar-refractivity contribution in [2.75, 3.05) is 0 Å². The fraction of sp³-hybridized carbons (Fsp3) is 1.00. The molecule has 1 radical (unpaired) electrons. The Bertz CT molecular complexity index is 381. The minimum absolute atomic E-state index is 1.37. The minimum atomic E-state index is 1.37. The molecule has 0 unspecified atom stereocenters. The molecule has 0 aliphatic rings. The zero-order chi connectivity index (χ0) is 29.6. The number of rotatable bonds is 38. The maximum absolute atomic E-state index is 2.60. The van der Waals surface area contributed by atoms with Crippen molar-refractivity contribution in [1.29, 1.82) is 0 Å². The Kier molecular flexibility index (Phi) is 40.1. The van der Waals surface area contributed by atoms with Gasteiger partial charge in [0.2, 0.25) is 0 Å². The summed E-state index contributed by atoms with van der Waals surface area (Å²) in [6.07, 6.45) is 55.8. The lowest BCUT2D eigenvalue weighted by Gasteiger charge is -2.04. The lowest BCUT2D eigenvalue weighted by Crippen LogP contribution is -1.90. The van der Waals surface area contributed by atoms with Gasteiger partial charge in [-0.3, -0.25) is 0 Å². The second-order valence-electron chi connectivity index (χ2n) is 13.9. The highest BCUT2D eigenvalue weighted by Crippen LogP contribution is 2.16. The largest absolute Gasteiger partial charge is 0.109 e. The van der Waals surface area contributed by atoms with Crippen LogP contribution in [-0.4, -0.2) is 7.28 Å². The van der Waals surface area contributed by atoms with Gasteiger partial charge in [-0.15, -0.1) is 0 Å². The Morgan fingerprint density at radius 2 is 0.341 bits per heavy atom. The van der Waals surface area contributed by atoms with E-state index in [1.807, 2.05) is 0 Å². The average molecular weight is 574 g/mol. The molecule has 0 aromatic rings. The highest BCUT2D eigenvalue weighted by molar-refractivity contribution is 6.35. The molecule has 0 aliphatic carbocycles. The first kappa shape index (κ1) is 41.1. The van der Waals surface area contributed by atoms with Crippen LogP contribution in [0.25, 0.3) is 0 Å². The quantitative estimate of drug-likeness (QED) is 0.0509. The van der Waals surface area contributed by atoms with Crippen LogP contribution in [0.1, 0.15) is 245 Å². The monoisotopic (exact) mass is 574 g/mol. The van der Waals surface area contributed by atoms with Gasteiger partial charge in [0.1, 0.15) is 7.28 Å². The molecule has 0 aromatic heterocycles. The van der Waals surface area contributed by atoms with E-state index in [4.69, 9.17) is 0 Å². The topological polar surface area (TPSA) is 0 Å². The lowest BCUT2D eigenvalue weighted by molar-refractivity contribution is 0.526. The molecule has 0 amide bonds. The van der Waals surface area contributed by atoms with Crippen molar-refractivity contribution in [1.82, 2.24) is 0 Å². The molecular weight excluding hydrogens is 491 g/mol. The Labute approximate surface area is 264 Å². The molecule has 0 spiro atoms. The third-order valence-corrected chi connectivity index (χ3v) is 9.52. The predicted molar refractivity (Wildman–Crippen MR) is 193 cm³/mol. The van der Waals surface area contributed by atoms with E-state index in [0.717, 1.165) is 0 Å². The summed E-state index contributed by atoms with van der Waals surface area (Å²) in [5, 5.41) is 0. The van der Waals surface area contributed by atoms with E-state index in [2.05, 4.69) is 21.1 Å². The normalized spacial score (nSPS) is 11.5. The van der Waals surface area contributed by atoms with Crippen LogP contribution in [0.2, 0.25) is 12.6 Å². The van der Waals surface area contributed by atoms with Crippen LogP contribution in [0.15, 0.2) is 0 Å². The predicted octanol–water partition coefficient (Wildman–Crippen LogP) is 15.6. The van der Waals surface area contributed by atoms with Crippen LogP contribution < -0.4 is 0 Å². The van der Waals surface area contributed by atoms with Crippen LogP contribution >= 0.6 is 0 Å². The average Bonchev–Trinajstić information content (AvgIpc) is 2.98. The van der Waals surface area contributed by atoms with Crippen molar-refractivity contribution >= 4 is 7.28 Å². The van der Waals surface area contributed by atoms with Crippen LogP contribution in [0, 0.1) is 0 Å². The van der Waals surface area contributed by atoms with E-state index in [0.29, 0.717) is 0 Å². The number of hydrogen-bond acceptors (Lipinski definition) is 0. The van der Waals surface area contributed by atoms with Gasteiger partial charge in [-0.25, -0.2) is 0 Å². The summed E-state index contributed by atoms with van der Waals surface area (Å²) in [6, 6.07) is 0. The molecule has 0 heterocycles. The first-order chi connectivity index (χ1) is 20.4. The van der Waals surface area contributed by atoms with Crippen molar-refractivity contribution < 1.29 is 0 Å². The highest BCUT2D eigenvalue weighted by Gasteiger charge is 1.98. The van der Waals surface area contributed by atoms with E-state index in [-0.39, 0.29) is 0 Å². The summed E-state index contributed by atoms with van der Waals surface area (Å²) < 4.78 is 0. The van der Waals surface area contributed by atoms with Gasteiger partial charge >= 0.3 is 0 Å². The van der Waals surface area contributed by atoms with Crippen LogP contribution in [0.3, 0.4) is 0 Å². The van der Waals surface area contributed by atoms with E-state index >= 15 is 0 Å². The Balaban J connectivity index is 3.02. The molecule has 0 rings (SSSR count). The van der Waals surface area contributed by atoms with Gasteiger partial charge in [0.15, 0.2) is 0 Å². The van der Waals surface area contributed by atoms with Crippen LogP contribution in [0.4, 0.5) is 0 Å². The van der Waals surface area contributed by atoms with Gasteiger partial charge < -0.3 is 0 Å². The Hall–Kier alpha value is 0.0649. The van der Waals surface area contributed by atoms with Gasteiger partial charge in [-0.05, 0) is 0 Å². The van der Waals surface area contributed by atoms with E-state index in [1.165, 1.54) is 244 Å². The maximum Gasteiger partial charge on any atom is 0.109 e. The van der Waals surface area contributed by atoms with Crippen molar-refractivity contribution in [3.05, 3.63) is 0 Å². The second kappa shape index (κ2) is 40.1. The summed E-state index contributed by atoms with van der Waals surface area (Å²) in [7, 11) is 2.60. The lowest BCUT2D eigenvalue weighted by atomic mass is 9.68. The molecule has 0 nitrogen and oxygen atoms in total. The van der Waals surface area contributed by atoms with Crippen molar-refractivity contribution in [2.24, 2.45) is 0 Å². The first-order valence-electron chi connectivity index (χ1n) is 20.2. The second-order valence-corrected chi connectivity index (χ2v) is 13.9. The van der Waals surface area contributed by atoms with Gasteiger partial charge in [-0.1, -0.05) is 258 Å². The van der Waals surface area contributed by atoms with Crippen molar-refractivity contribution in [2.45, 2.75) is 258 Å². The minimum Gasteiger partial charge on any atom is -0.0803 e. The van der Waals surface area contributed by atoms with Crippen molar-refractivity contribution in [3.8, 4) is 0 Å². The van der Waals surface area contributed by atoms with E-state index in [1.54, 1.807) is 0 Å². The van der Waals surface area contributed by atoms with Crippen LogP contribution in [0.5, 0.6) is 0 Å². The van der Waals surface area contributed by atoms with Gasteiger partial charge in [0.25, 0.3) is 0 Å². The number of unbranched alkanes of at least 4 members (excludes halogenated alkanes) is 34. The summed E-state index contributed by atoms with van der Waals surface area (Å²) in [6.45, 7) is 4.62. The molecule has 0 bridgehead atoms. The summed E-state index contributed by atoms with van der Waals surface area (Å²) in [5.74, 6) is 0. The molecule has 0 atom stereocenters. The van der Waals surface area contributed by atoms with Gasteiger partial charge in [0.05, 0.1) is 0 Å². The van der Waals surface area contributed by atoms with E-state index < -0.39 is 0 Å². The smallest absolute Gasteiger partial charge is 0.0803 e. The molecular formula is C40H82B. The number of hydrogen-bond donors (Lipinski definition) is 0. The highest BCUT2D eigenvalue weighted by atomic mass is 14.0. The third kappa shape index (κ3) is 40.1. The van der Waals surface area contributed by atoms with Gasteiger partial charge in [-0.2, -0.15) is 0 Å². The van der Waals surface area contributed by atoms with Gasteiger partial charge in [0, 0.05) is 0 Å². The zero-order valence-electron chi connectivity index (χ0n) is 29.4. The summed E-state index contributed by atoms with van der Waals surface area (Å²) in [5.41, 5.74) is 0. The molecule has 245 valence electrons. The van der Waals surface area contributed by atoms with Crippen LogP contribution in [-0.2, 0) is 0 Å². The molecule has 0 saturated heterocycles. The molecule has 0 fully saturated rings. The standard InChI is InChI=1S/C40H82B/c1-3-5-7-9-11-13-15-17-19-21-23-25-27-29-31-33-35-37-39-41-40-38-36-34-32-30-28-26-24-22-20-18-16-14-12-10-8-6-4-2/h3-40H2,1-2H3. The fourth-order valence-electron chi connectivity index (χ4n) is 6.52. The molecule has 0 aromatic carbocycles. The molecule has 0 N–H and O–H groups in total. The zero-order valence-corrected chi connectivity index (χ0v) is 29.4.